The highest BCUT2D eigenvalue weighted by molar-refractivity contribution is 7.90. The van der Waals surface area contributed by atoms with Gasteiger partial charge in [0.1, 0.15) is 0 Å². The van der Waals surface area contributed by atoms with Crippen LogP contribution in [0.3, 0.4) is 0 Å². The van der Waals surface area contributed by atoms with Gasteiger partial charge in [0.25, 0.3) is 0 Å². The van der Waals surface area contributed by atoms with Gasteiger partial charge >= 0.3 is 10.2 Å². The zero-order chi connectivity index (χ0) is 15.2. The Kier molecular flexibility index (Phi) is 6.02. The lowest BCUT2D eigenvalue weighted by Crippen LogP contribution is -2.35. The van der Waals surface area contributed by atoms with E-state index in [-0.39, 0.29) is 6.54 Å². The topological polar surface area (TPSA) is 75.4 Å². The average molecular weight is 295 g/mol. The molecule has 0 aliphatic carbocycles. The largest absolute Gasteiger partial charge is 0.320 e. The highest BCUT2D eigenvalue weighted by Crippen LogP contribution is 2.19. The smallest absolute Gasteiger partial charge is 0.301 e. The summed E-state index contributed by atoms with van der Waals surface area (Å²) >= 11 is 0. The molecular formula is C14H21N3O2S. The second-order valence-corrected chi connectivity index (χ2v) is 5.92. The van der Waals surface area contributed by atoms with Crippen molar-refractivity contribution >= 4 is 15.9 Å². The number of anilines is 1. The van der Waals surface area contributed by atoms with Gasteiger partial charge in [-0.25, -0.2) is 0 Å². The van der Waals surface area contributed by atoms with Crippen LogP contribution in [0.25, 0.3) is 0 Å². The molecule has 0 radical (unpaired) electrons. The normalized spacial score (nSPS) is 11.1. The summed E-state index contributed by atoms with van der Waals surface area (Å²) in [5.74, 6) is 5.64. The molecule has 0 atom stereocenters. The lowest BCUT2D eigenvalue weighted by Gasteiger charge is -2.20. The molecule has 0 unspecified atom stereocenters. The van der Waals surface area contributed by atoms with Gasteiger partial charge in [0.05, 0.1) is 12.2 Å². The molecule has 1 rings (SSSR count). The number of rotatable bonds is 5. The van der Waals surface area contributed by atoms with Crippen molar-refractivity contribution in [3.05, 3.63) is 29.3 Å². The predicted molar refractivity (Wildman–Crippen MR) is 82.6 cm³/mol. The third-order valence-corrected chi connectivity index (χ3v) is 4.46. The van der Waals surface area contributed by atoms with Crippen LogP contribution >= 0.6 is 0 Å². The second kappa shape index (κ2) is 7.29. The van der Waals surface area contributed by atoms with Crippen LogP contribution in [-0.4, -0.2) is 32.4 Å². The van der Waals surface area contributed by atoms with Gasteiger partial charge in [-0.3, -0.25) is 4.72 Å². The fraction of sp³-hybridized carbons (Fsp3) is 0.429. The Bertz CT molecular complexity index is 611. The number of benzene rings is 1. The maximum absolute atomic E-state index is 12.2. The summed E-state index contributed by atoms with van der Waals surface area (Å²) in [5.41, 5.74) is 7.48. The Labute approximate surface area is 121 Å². The summed E-state index contributed by atoms with van der Waals surface area (Å²) in [6.45, 7) is 6.59. The van der Waals surface area contributed by atoms with Crippen molar-refractivity contribution in [1.29, 1.82) is 0 Å². The fourth-order valence-corrected chi connectivity index (χ4v) is 3.03. The summed E-state index contributed by atoms with van der Waals surface area (Å²) < 4.78 is 28.4. The summed E-state index contributed by atoms with van der Waals surface area (Å²) in [5, 5.41) is 0. The highest BCUT2D eigenvalue weighted by Gasteiger charge is 2.19. The van der Waals surface area contributed by atoms with Gasteiger partial charge in [-0.05, 0) is 24.6 Å². The van der Waals surface area contributed by atoms with E-state index in [1.807, 2.05) is 19.1 Å². The summed E-state index contributed by atoms with van der Waals surface area (Å²) in [6, 6.07) is 5.40. The van der Waals surface area contributed by atoms with Crippen LogP contribution < -0.4 is 10.5 Å². The van der Waals surface area contributed by atoms with E-state index in [4.69, 9.17) is 5.73 Å². The van der Waals surface area contributed by atoms with Crippen LogP contribution in [0.2, 0.25) is 0 Å². The Balaban J connectivity index is 3.15. The van der Waals surface area contributed by atoms with Crippen LogP contribution in [-0.2, 0) is 10.2 Å². The predicted octanol–water partition coefficient (Wildman–Crippen LogP) is 1.30. The summed E-state index contributed by atoms with van der Waals surface area (Å²) in [4.78, 5) is 0. The molecule has 0 amide bonds. The van der Waals surface area contributed by atoms with Crippen molar-refractivity contribution < 1.29 is 8.42 Å². The van der Waals surface area contributed by atoms with Crippen molar-refractivity contribution in [1.82, 2.24) is 4.31 Å². The lowest BCUT2D eigenvalue weighted by molar-refractivity contribution is 0.449. The van der Waals surface area contributed by atoms with Crippen LogP contribution in [0.5, 0.6) is 0 Å². The first-order chi connectivity index (χ1) is 9.44. The number of hydrogen-bond donors (Lipinski definition) is 2. The first kappa shape index (κ1) is 16.5. The number of hydrogen-bond acceptors (Lipinski definition) is 3. The van der Waals surface area contributed by atoms with E-state index in [9.17, 15) is 8.42 Å². The molecule has 110 valence electrons. The van der Waals surface area contributed by atoms with Crippen LogP contribution in [0.1, 0.15) is 25.0 Å². The van der Waals surface area contributed by atoms with Gasteiger partial charge in [-0.15, -0.1) is 0 Å². The monoisotopic (exact) mass is 295 g/mol. The number of nitrogens with one attached hydrogen (secondary N) is 1. The molecule has 3 N–H and O–H groups in total. The number of nitrogens with zero attached hydrogens (tertiary/aromatic N) is 1. The molecule has 0 aromatic heterocycles. The molecule has 0 fully saturated rings. The van der Waals surface area contributed by atoms with E-state index in [0.717, 1.165) is 5.56 Å². The minimum absolute atomic E-state index is 0.232. The van der Waals surface area contributed by atoms with E-state index in [1.54, 1.807) is 19.9 Å². The number of nitrogens with two attached hydrogens (primary N) is 1. The van der Waals surface area contributed by atoms with E-state index in [0.29, 0.717) is 24.3 Å². The molecule has 0 heterocycles. The minimum Gasteiger partial charge on any atom is -0.320 e. The third-order valence-electron chi connectivity index (χ3n) is 2.78. The van der Waals surface area contributed by atoms with Gasteiger partial charge in [-0.2, -0.15) is 12.7 Å². The number of aryl methyl sites for hydroxylation is 1. The van der Waals surface area contributed by atoms with Crippen molar-refractivity contribution in [2.75, 3.05) is 24.4 Å². The second-order valence-electron chi connectivity index (χ2n) is 4.25. The molecule has 20 heavy (non-hydrogen) atoms. The van der Waals surface area contributed by atoms with Gasteiger partial charge in [-0.1, -0.05) is 31.8 Å². The Morgan fingerprint density at radius 1 is 1.30 bits per heavy atom. The van der Waals surface area contributed by atoms with Crippen molar-refractivity contribution in [2.24, 2.45) is 5.73 Å². The van der Waals surface area contributed by atoms with Crippen LogP contribution in [0.4, 0.5) is 5.69 Å². The molecule has 1 aromatic rings. The lowest BCUT2D eigenvalue weighted by atomic mass is 10.1. The molecule has 5 nitrogen and oxygen atoms in total. The zero-order valence-electron chi connectivity index (χ0n) is 12.1. The van der Waals surface area contributed by atoms with Crippen LogP contribution in [0.15, 0.2) is 18.2 Å². The van der Waals surface area contributed by atoms with E-state index < -0.39 is 10.2 Å². The molecule has 0 saturated heterocycles. The first-order valence-electron chi connectivity index (χ1n) is 6.52. The van der Waals surface area contributed by atoms with Gasteiger partial charge in [0.15, 0.2) is 0 Å². The molecular weight excluding hydrogens is 274 g/mol. The zero-order valence-corrected chi connectivity index (χ0v) is 12.9. The quantitative estimate of drug-likeness (QED) is 0.804. The van der Waals surface area contributed by atoms with Gasteiger partial charge in [0, 0.05) is 18.7 Å². The van der Waals surface area contributed by atoms with E-state index >= 15 is 0 Å². The van der Waals surface area contributed by atoms with Crippen LogP contribution in [0, 0.1) is 18.8 Å². The van der Waals surface area contributed by atoms with Gasteiger partial charge < -0.3 is 5.73 Å². The Morgan fingerprint density at radius 3 is 2.50 bits per heavy atom. The summed E-state index contributed by atoms with van der Waals surface area (Å²) in [7, 11) is -3.55. The Morgan fingerprint density at radius 2 is 1.95 bits per heavy atom. The molecule has 6 heteroatoms. The maximum Gasteiger partial charge on any atom is 0.301 e. The SMILES string of the molecule is CCN(CC)S(=O)(=O)Nc1ccc(C)cc1C#CCN. The molecule has 0 saturated carbocycles. The van der Waals surface area contributed by atoms with Crippen molar-refractivity contribution in [2.45, 2.75) is 20.8 Å². The summed E-state index contributed by atoms with van der Waals surface area (Å²) in [6.07, 6.45) is 0. The molecule has 0 aliphatic rings. The molecule has 0 aliphatic heterocycles. The Hall–Kier alpha value is -1.55. The van der Waals surface area contributed by atoms with Gasteiger partial charge in [0.2, 0.25) is 0 Å². The fourth-order valence-electron chi connectivity index (χ4n) is 1.76. The third kappa shape index (κ3) is 4.23. The van der Waals surface area contributed by atoms with Crippen molar-refractivity contribution in [3.63, 3.8) is 0 Å². The van der Waals surface area contributed by atoms with Crippen molar-refractivity contribution in [3.8, 4) is 11.8 Å². The molecule has 0 bridgehead atoms. The molecule has 0 spiro atoms. The highest BCUT2D eigenvalue weighted by atomic mass is 32.2. The van der Waals surface area contributed by atoms with E-state index in [1.165, 1.54) is 4.31 Å². The molecule has 1 aromatic carbocycles. The average Bonchev–Trinajstić information content (AvgIpc) is 2.39. The minimum atomic E-state index is -3.55. The standard InChI is InChI=1S/C14H21N3O2S/c1-4-17(5-2)20(18,19)16-14-9-8-12(3)11-13(14)7-6-10-15/h8-9,11,16H,4-5,10,15H2,1-3H3. The van der Waals surface area contributed by atoms with E-state index in [2.05, 4.69) is 16.6 Å². The first-order valence-corrected chi connectivity index (χ1v) is 7.96. The maximum atomic E-state index is 12.2.